The predicted octanol–water partition coefficient (Wildman–Crippen LogP) is 6.06. The second-order valence-electron chi connectivity index (χ2n) is 8.59. The Kier molecular flexibility index (Phi) is 5.76. The molecule has 1 atom stereocenters. The number of carboxylic acids is 1. The molecule has 0 spiro atoms. The molecule has 5 rings (SSSR count). The van der Waals surface area contributed by atoms with E-state index in [0.29, 0.717) is 5.56 Å². The van der Waals surface area contributed by atoms with Gasteiger partial charge in [-0.1, -0.05) is 66.8 Å². The van der Waals surface area contributed by atoms with Crippen molar-refractivity contribution in [3.63, 3.8) is 0 Å². The minimum atomic E-state index is -4.65. The Labute approximate surface area is 209 Å². The van der Waals surface area contributed by atoms with Gasteiger partial charge in [-0.15, -0.1) is 0 Å². The van der Waals surface area contributed by atoms with E-state index in [1.165, 1.54) is 18.2 Å². The van der Waals surface area contributed by atoms with E-state index in [1.807, 2.05) is 42.5 Å². The zero-order valence-corrected chi connectivity index (χ0v) is 20.1. The van der Waals surface area contributed by atoms with Crippen molar-refractivity contribution < 1.29 is 31.5 Å². The molecule has 1 aliphatic heterocycles. The van der Waals surface area contributed by atoms with E-state index < -0.39 is 39.3 Å². The second-order valence-corrected chi connectivity index (χ2v) is 11.0. The summed E-state index contributed by atoms with van der Waals surface area (Å²) in [6, 6.07) is 17.6. The lowest BCUT2D eigenvalue weighted by Crippen LogP contribution is -2.19. The zero-order chi connectivity index (χ0) is 25.8. The molecule has 10 heteroatoms. The van der Waals surface area contributed by atoms with Gasteiger partial charge in [0.05, 0.1) is 11.3 Å². The van der Waals surface area contributed by atoms with Crippen LogP contribution in [-0.4, -0.2) is 29.8 Å². The van der Waals surface area contributed by atoms with E-state index in [0.717, 1.165) is 33.0 Å². The van der Waals surface area contributed by atoms with Crippen LogP contribution in [0.25, 0.3) is 21.9 Å². The largest absolute Gasteiger partial charge is 0.480 e. The Bertz CT molecular complexity index is 1700. The fourth-order valence-electron chi connectivity index (χ4n) is 4.74. The number of aromatic nitrogens is 1. The van der Waals surface area contributed by atoms with Crippen molar-refractivity contribution in [2.45, 2.75) is 23.7 Å². The summed E-state index contributed by atoms with van der Waals surface area (Å²) in [6.07, 6.45) is -4.47. The number of hydrogen-bond donors (Lipinski definition) is 1. The molecule has 36 heavy (non-hydrogen) atoms. The SMILES string of the molecule is O=C(O)[C@@H]1CS(=O)(=O)c2c(-c3cccc(C(F)(F)F)c3)c(Cc3cccc4ccccc34)cc(=S)n21. The zero-order valence-electron chi connectivity index (χ0n) is 18.5. The Morgan fingerprint density at radius 2 is 1.69 bits per heavy atom. The first kappa shape index (κ1) is 24.2. The third kappa shape index (κ3) is 4.10. The summed E-state index contributed by atoms with van der Waals surface area (Å²) in [5.41, 5.74) is 0.338. The molecular formula is C26H18F3NO4S2. The Morgan fingerprint density at radius 1 is 1.00 bits per heavy atom. The lowest BCUT2D eigenvalue weighted by Gasteiger charge is -2.19. The van der Waals surface area contributed by atoms with Gasteiger partial charge in [-0.2, -0.15) is 13.2 Å². The van der Waals surface area contributed by atoms with Crippen molar-refractivity contribution in [2.75, 3.05) is 5.75 Å². The van der Waals surface area contributed by atoms with Gasteiger partial charge >= 0.3 is 12.1 Å². The molecular weight excluding hydrogens is 511 g/mol. The van der Waals surface area contributed by atoms with Crippen LogP contribution in [0.15, 0.2) is 77.8 Å². The van der Waals surface area contributed by atoms with E-state index in [9.17, 15) is 31.5 Å². The molecule has 1 N–H and O–H groups in total. The Balaban J connectivity index is 1.84. The number of sulfone groups is 1. The number of aliphatic carboxylic acids is 1. The summed E-state index contributed by atoms with van der Waals surface area (Å²) in [6.45, 7) is 0. The average Bonchev–Trinajstić information content (AvgIpc) is 3.11. The molecule has 0 bridgehead atoms. The molecule has 2 heterocycles. The number of fused-ring (bicyclic) bond motifs is 2. The van der Waals surface area contributed by atoms with E-state index in [-0.39, 0.29) is 27.2 Å². The number of nitrogens with zero attached hydrogens (tertiary/aromatic N) is 1. The maximum atomic E-state index is 13.5. The highest BCUT2D eigenvalue weighted by Crippen LogP contribution is 2.42. The highest BCUT2D eigenvalue weighted by molar-refractivity contribution is 7.91. The number of halogens is 3. The summed E-state index contributed by atoms with van der Waals surface area (Å²) >= 11 is 5.43. The van der Waals surface area contributed by atoms with Gasteiger partial charge in [0, 0.05) is 5.56 Å². The number of hydrogen-bond acceptors (Lipinski definition) is 4. The molecule has 3 aromatic carbocycles. The minimum Gasteiger partial charge on any atom is -0.480 e. The van der Waals surface area contributed by atoms with E-state index in [2.05, 4.69) is 0 Å². The van der Waals surface area contributed by atoms with Gasteiger partial charge in [0.15, 0.2) is 9.84 Å². The third-order valence-electron chi connectivity index (χ3n) is 6.30. The lowest BCUT2D eigenvalue weighted by molar-refractivity contribution is -0.140. The molecule has 5 nitrogen and oxygen atoms in total. The molecule has 4 aromatic rings. The molecule has 0 saturated carbocycles. The number of pyridine rings is 1. The summed E-state index contributed by atoms with van der Waals surface area (Å²) in [7, 11) is -4.17. The van der Waals surface area contributed by atoms with Gasteiger partial charge in [0.2, 0.25) is 0 Å². The first-order valence-corrected chi connectivity index (χ1v) is 12.9. The average molecular weight is 530 g/mol. The van der Waals surface area contributed by atoms with Crippen LogP contribution in [0, 0.1) is 4.64 Å². The number of carboxylic acid groups (broad SMARTS) is 1. The maximum Gasteiger partial charge on any atom is 0.416 e. The van der Waals surface area contributed by atoms with Crippen LogP contribution < -0.4 is 0 Å². The number of rotatable bonds is 4. The molecule has 184 valence electrons. The molecule has 0 fully saturated rings. The monoisotopic (exact) mass is 529 g/mol. The first-order chi connectivity index (χ1) is 17.0. The second kappa shape index (κ2) is 8.56. The van der Waals surface area contributed by atoms with E-state index in [1.54, 1.807) is 0 Å². The predicted molar refractivity (Wildman–Crippen MR) is 131 cm³/mol. The normalized spacial score (nSPS) is 16.7. The molecule has 1 aromatic heterocycles. The first-order valence-electron chi connectivity index (χ1n) is 10.9. The van der Waals surface area contributed by atoms with Crippen LogP contribution >= 0.6 is 12.2 Å². The van der Waals surface area contributed by atoms with Crippen molar-refractivity contribution in [1.29, 1.82) is 0 Å². The molecule has 0 saturated heterocycles. The van der Waals surface area contributed by atoms with Gasteiger partial charge in [0.1, 0.15) is 15.7 Å². The van der Waals surface area contributed by atoms with Gasteiger partial charge < -0.3 is 9.67 Å². The van der Waals surface area contributed by atoms with Crippen LogP contribution in [0.5, 0.6) is 0 Å². The standard InChI is InChI=1S/C26H18F3NO4S2/c27-26(28,29)19-9-4-8-17(12-19)23-18(11-16-7-3-6-15-5-1-2-10-20(15)16)13-22(35)30-21(25(31)32)14-36(33,34)24(23)30/h1-10,12-13,21H,11,14H2,(H,31,32)/t21-/m0/s1. The fraction of sp³-hybridized carbons (Fsp3) is 0.154. The molecule has 1 aliphatic rings. The van der Waals surface area contributed by atoms with Crippen molar-refractivity contribution in [1.82, 2.24) is 4.57 Å². The molecule has 0 unspecified atom stereocenters. The van der Waals surface area contributed by atoms with Gasteiger partial charge in [-0.05, 0) is 52.1 Å². The smallest absolute Gasteiger partial charge is 0.416 e. The number of alkyl halides is 3. The van der Waals surface area contributed by atoms with Crippen LogP contribution in [0.3, 0.4) is 0 Å². The maximum absolute atomic E-state index is 13.5. The highest BCUT2D eigenvalue weighted by Gasteiger charge is 2.42. The van der Waals surface area contributed by atoms with E-state index in [4.69, 9.17) is 12.2 Å². The van der Waals surface area contributed by atoms with Crippen molar-refractivity contribution in [3.05, 3.63) is 94.1 Å². The van der Waals surface area contributed by atoms with Crippen molar-refractivity contribution in [3.8, 4) is 11.1 Å². The lowest BCUT2D eigenvalue weighted by atomic mass is 9.93. The van der Waals surface area contributed by atoms with Crippen LogP contribution in [0.2, 0.25) is 0 Å². The minimum absolute atomic E-state index is 0.00978. The third-order valence-corrected chi connectivity index (χ3v) is 8.36. The van der Waals surface area contributed by atoms with Crippen LogP contribution in [0.1, 0.15) is 22.7 Å². The van der Waals surface area contributed by atoms with Crippen LogP contribution in [0.4, 0.5) is 13.2 Å². The quantitative estimate of drug-likeness (QED) is 0.325. The van der Waals surface area contributed by atoms with Crippen molar-refractivity contribution in [2.24, 2.45) is 0 Å². The van der Waals surface area contributed by atoms with E-state index >= 15 is 0 Å². The summed E-state index contributed by atoms with van der Waals surface area (Å²) in [5, 5.41) is 11.2. The summed E-state index contributed by atoms with van der Waals surface area (Å²) in [5.74, 6) is -2.11. The topological polar surface area (TPSA) is 76.4 Å². The van der Waals surface area contributed by atoms with Gasteiger partial charge in [0.25, 0.3) is 0 Å². The van der Waals surface area contributed by atoms with Gasteiger partial charge in [-0.3, -0.25) is 0 Å². The van der Waals surface area contributed by atoms with Crippen LogP contribution in [-0.2, 0) is 27.2 Å². The van der Waals surface area contributed by atoms with Crippen molar-refractivity contribution >= 4 is 38.8 Å². The Hall–Kier alpha value is -3.50. The molecule has 0 radical (unpaired) electrons. The molecule has 0 amide bonds. The number of carbonyl (C=O) groups is 1. The van der Waals surface area contributed by atoms with Gasteiger partial charge in [-0.25, -0.2) is 13.2 Å². The number of benzene rings is 3. The fourth-order valence-corrected chi connectivity index (χ4v) is 7.11. The Morgan fingerprint density at radius 3 is 2.42 bits per heavy atom. The summed E-state index contributed by atoms with van der Waals surface area (Å²) in [4.78, 5) is 11.9. The highest BCUT2D eigenvalue weighted by atomic mass is 32.2. The summed E-state index contributed by atoms with van der Waals surface area (Å²) < 4.78 is 68.2. The molecule has 0 aliphatic carbocycles.